The molecule has 3 atom stereocenters. The number of nitrogens with two attached hydrogens (primary N) is 1. The average molecular weight is 332 g/mol. The number of aryl methyl sites for hydroxylation is 1. The fourth-order valence-electron chi connectivity index (χ4n) is 4.65. The quantitative estimate of drug-likeness (QED) is 0.894. The van der Waals surface area contributed by atoms with E-state index in [1.807, 2.05) is 19.4 Å². The number of nitrogens with one attached hydrogen (secondary N) is 1. The average Bonchev–Trinajstić information content (AvgIpc) is 2.89. The molecule has 3 rings (SSSR count). The fraction of sp³-hybridized carbons (Fsp3) is 0.789. The minimum atomic E-state index is -0.0559. The van der Waals surface area contributed by atoms with E-state index in [9.17, 15) is 4.79 Å². The van der Waals surface area contributed by atoms with Gasteiger partial charge in [-0.2, -0.15) is 5.10 Å². The number of carbonyl (C=O) groups excluding carboxylic acids is 1. The van der Waals surface area contributed by atoms with Gasteiger partial charge >= 0.3 is 0 Å². The molecule has 1 heterocycles. The molecule has 2 aliphatic rings. The molecule has 3 unspecified atom stereocenters. The van der Waals surface area contributed by atoms with Crippen molar-refractivity contribution in [3.8, 4) is 0 Å². The number of fused-ring (bicyclic) bond motifs is 2. The number of rotatable bonds is 3. The predicted molar refractivity (Wildman–Crippen MR) is 95.1 cm³/mol. The summed E-state index contributed by atoms with van der Waals surface area (Å²) >= 11 is 0. The van der Waals surface area contributed by atoms with Crippen molar-refractivity contribution in [2.45, 2.75) is 65.0 Å². The summed E-state index contributed by atoms with van der Waals surface area (Å²) in [4.78, 5) is 13.0. The van der Waals surface area contributed by atoms with Crippen LogP contribution in [0.3, 0.4) is 0 Å². The Morgan fingerprint density at radius 1 is 1.33 bits per heavy atom. The van der Waals surface area contributed by atoms with Gasteiger partial charge in [0.05, 0.1) is 12.2 Å². The van der Waals surface area contributed by atoms with Crippen molar-refractivity contribution in [2.75, 3.05) is 0 Å². The van der Waals surface area contributed by atoms with Gasteiger partial charge in [0.15, 0.2) is 0 Å². The number of aromatic nitrogens is 2. The Hall–Kier alpha value is -1.36. The van der Waals surface area contributed by atoms with Crippen molar-refractivity contribution in [1.82, 2.24) is 15.1 Å². The molecule has 3 N–H and O–H groups in total. The SMILES string of the molecule is Cn1cc(C(NC(=O)C2CC3CCCC(C2)C3N)C(C)(C)C)cn1. The Labute approximate surface area is 145 Å². The maximum Gasteiger partial charge on any atom is 0.223 e. The zero-order chi connectivity index (χ0) is 17.5. The van der Waals surface area contributed by atoms with Crippen LogP contribution in [0.1, 0.15) is 64.5 Å². The maximum absolute atomic E-state index is 13.0. The summed E-state index contributed by atoms with van der Waals surface area (Å²) in [5.41, 5.74) is 7.39. The van der Waals surface area contributed by atoms with Crippen LogP contribution in [-0.4, -0.2) is 21.7 Å². The highest BCUT2D eigenvalue weighted by Gasteiger charge is 2.41. The molecule has 1 amide bonds. The van der Waals surface area contributed by atoms with Crippen LogP contribution in [0.5, 0.6) is 0 Å². The normalized spacial score (nSPS) is 31.5. The molecule has 0 spiro atoms. The van der Waals surface area contributed by atoms with Crippen LogP contribution in [0.4, 0.5) is 0 Å². The first-order chi connectivity index (χ1) is 11.3. The van der Waals surface area contributed by atoms with Gasteiger partial charge in [0, 0.05) is 30.8 Å². The van der Waals surface area contributed by atoms with Crippen LogP contribution < -0.4 is 11.1 Å². The van der Waals surface area contributed by atoms with Crippen molar-refractivity contribution in [3.05, 3.63) is 18.0 Å². The van der Waals surface area contributed by atoms with Crippen molar-refractivity contribution < 1.29 is 4.79 Å². The third kappa shape index (κ3) is 3.51. The van der Waals surface area contributed by atoms with E-state index in [0.717, 1.165) is 18.4 Å². The Bertz CT molecular complexity index is 574. The van der Waals surface area contributed by atoms with Gasteiger partial charge in [-0.1, -0.05) is 27.2 Å². The molecule has 1 aromatic heterocycles. The summed E-state index contributed by atoms with van der Waals surface area (Å²) in [5, 5.41) is 7.60. The van der Waals surface area contributed by atoms with E-state index in [-0.39, 0.29) is 23.3 Å². The van der Waals surface area contributed by atoms with Crippen LogP contribution in [0.15, 0.2) is 12.4 Å². The lowest BCUT2D eigenvalue weighted by Crippen LogP contribution is -2.50. The molecule has 0 radical (unpaired) electrons. The molecule has 0 aromatic carbocycles. The number of carbonyl (C=O) groups is 1. The highest BCUT2D eigenvalue weighted by molar-refractivity contribution is 5.79. The van der Waals surface area contributed by atoms with Gasteiger partial charge in [-0.25, -0.2) is 0 Å². The van der Waals surface area contributed by atoms with Crippen molar-refractivity contribution >= 4 is 5.91 Å². The molecule has 2 fully saturated rings. The van der Waals surface area contributed by atoms with E-state index in [2.05, 4.69) is 31.2 Å². The third-order valence-electron chi connectivity index (χ3n) is 5.99. The van der Waals surface area contributed by atoms with Crippen molar-refractivity contribution in [3.63, 3.8) is 0 Å². The lowest BCUT2D eigenvalue weighted by Gasteiger charge is -2.44. The Kier molecular flexibility index (Phi) is 4.73. The van der Waals surface area contributed by atoms with Gasteiger partial charge in [0.1, 0.15) is 0 Å². The van der Waals surface area contributed by atoms with Crippen LogP contribution in [-0.2, 0) is 11.8 Å². The molecule has 5 nitrogen and oxygen atoms in total. The standard InChI is InChI=1S/C19H32N4O/c1-19(2,3)17(15-10-21-23(4)11-15)22-18(24)14-8-12-6-5-7-13(9-14)16(12)20/h10-14,16-17H,5-9,20H2,1-4H3,(H,22,24). The topological polar surface area (TPSA) is 72.9 Å². The minimum absolute atomic E-state index is 0.0193. The largest absolute Gasteiger partial charge is 0.348 e. The fourth-order valence-corrected chi connectivity index (χ4v) is 4.65. The molecule has 1 aromatic rings. The summed E-state index contributed by atoms with van der Waals surface area (Å²) in [7, 11) is 1.91. The Morgan fingerprint density at radius 2 is 1.96 bits per heavy atom. The van der Waals surface area contributed by atoms with E-state index >= 15 is 0 Å². The minimum Gasteiger partial charge on any atom is -0.348 e. The molecule has 2 bridgehead atoms. The van der Waals surface area contributed by atoms with E-state index in [1.54, 1.807) is 4.68 Å². The molecule has 0 saturated heterocycles. The highest BCUT2D eigenvalue weighted by Crippen LogP contribution is 2.42. The number of nitrogens with zero attached hydrogens (tertiary/aromatic N) is 2. The third-order valence-corrected chi connectivity index (χ3v) is 5.99. The predicted octanol–water partition coefficient (Wildman–Crippen LogP) is 2.78. The zero-order valence-corrected chi connectivity index (χ0v) is 15.5. The molecule has 24 heavy (non-hydrogen) atoms. The first-order valence-electron chi connectivity index (χ1n) is 9.30. The Balaban J connectivity index is 1.72. The summed E-state index contributed by atoms with van der Waals surface area (Å²) < 4.78 is 1.80. The van der Waals surface area contributed by atoms with Crippen LogP contribution in [0.25, 0.3) is 0 Å². The molecular weight excluding hydrogens is 300 g/mol. The van der Waals surface area contributed by atoms with Crippen molar-refractivity contribution in [2.24, 2.45) is 36.0 Å². The van der Waals surface area contributed by atoms with Gasteiger partial charge in [0.2, 0.25) is 5.91 Å². The summed E-state index contributed by atoms with van der Waals surface area (Å²) in [6.07, 6.45) is 9.42. The molecule has 5 heteroatoms. The van der Waals surface area contributed by atoms with E-state index < -0.39 is 0 Å². The first kappa shape index (κ1) is 17.5. The van der Waals surface area contributed by atoms with Crippen molar-refractivity contribution in [1.29, 1.82) is 0 Å². The first-order valence-corrected chi connectivity index (χ1v) is 9.30. The number of hydrogen-bond acceptors (Lipinski definition) is 3. The number of amides is 1. The molecule has 2 saturated carbocycles. The molecule has 2 aliphatic carbocycles. The zero-order valence-electron chi connectivity index (χ0n) is 15.5. The lowest BCUT2D eigenvalue weighted by molar-refractivity contribution is -0.129. The number of hydrogen-bond donors (Lipinski definition) is 2. The molecular formula is C19H32N4O. The van der Waals surface area contributed by atoms with Gasteiger partial charge < -0.3 is 11.1 Å². The molecule has 134 valence electrons. The second-order valence-corrected chi connectivity index (χ2v) is 8.95. The van der Waals surface area contributed by atoms with E-state index in [0.29, 0.717) is 17.9 Å². The monoisotopic (exact) mass is 332 g/mol. The second-order valence-electron chi connectivity index (χ2n) is 8.95. The van der Waals surface area contributed by atoms with Crippen LogP contribution in [0, 0.1) is 23.2 Å². The van der Waals surface area contributed by atoms with Gasteiger partial charge in [-0.15, -0.1) is 0 Å². The second kappa shape index (κ2) is 6.51. The van der Waals surface area contributed by atoms with Gasteiger partial charge in [0.25, 0.3) is 0 Å². The maximum atomic E-state index is 13.0. The van der Waals surface area contributed by atoms with Crippen LogP contribution in [0.2, 0.25) is 0 Å². The molecule has 0 aliphatic heterocycles. The summed E-state index contributed by atoms with van der Waals surface area (Å²) in [5.74, 6) is 1.36. The summed E-state index contributed by atoms with van der Waals surface area (Å²) in [6, 6.07) is 0.286. The highest BCUT2D eigenvalue weighted by atomic mass is 16.2. The van der Waals surface area contributed by atoms with Gasteiger partial charge in [-0.05, 0) is 42.9 Å². The lowest BCUT2D eigenvalue weighted by atomic mass is 9.65. The van der Waals surface area contributed by atoms with Crippen LogP contribution >= 0.6 is 0 Å². The van der Waals surface area contributed by atoms with E-state index in [4.69, 9.17) is 5.73 Å². The van der Waals surface area contributed by atoms with E-state index in [1.165, 1.54) is 19.3 Å². The summed E-state index contributed by atoms with van der Waals surface area (Å²) in [6.45, 7) is 6.49. The Morgan fingerprint density at radius 3 is 2.46 bits per heavy atom. The van der Waals surface area contributed by atoms with Gasteiger partial charge in [-0.3, -0.25) is 9.48 Å². The smallest absolute Gasteiger partial charge is 0.223 e.